The Bertz CT molecular complexity index is 920. The lowest BCUT2D eigenvalue weighted by molar-refractivity contribution is -0.0532. The van der Waals surface area contributed by atoms with Crippen molar-refractivity contribution >= 4 is 17.6 Å². The third-order valence-electron chi connectivity index (χ3n) is 4.12. The Kier molecular flexibility index (Phi) is 5.26. The molecule has 0 bridgehead atoms. The van der Waals surface area contributed by atoms with Crippen molar-refractivity contribution in [2.75, 3.05) is 6.61 Å². The number of aromatic nitrogens is 2. The van der Waals surface area contributed by atoms with Crippen LogP contribution >= 0.6 is 11.6 Å². The summed E-state index contributed by atoms with van der Waals surface area (Å²) in [6, 6.07) is 6.20. The van der Waals surface area contributed by atoms with E-state index >= 15 is 0 Å². The van der Waals surface area contributed by atoms with Crippen LogP contribution in [0, 0.1) is 6.92 Å². The minimum atomic E-state index is -0.919. The lowest BCUT2D eigenvalue weighted by Crippen LogP contribution is -2.33. The maximum Gasteiger partial charge on any atom is 0.338 e. The summed E-state index contributed by atoms with van der Waals surface area (Å²) in [5.41, 5.74) is -0.430. The van der Waals surface area contributed by atoms with Crippen LogP contribution in [0.4, 0.5) is 0 Å². The lowest BCUT2D eigenvalue weighted by atomic mass is 10.2. The van der Waals surface area contributed by atoms with Gasteiger partial charge in [0, 0.05) is 23.2 Å². The number of aromatic amines is 1. The fourth-order valence-electron chi connectivity index (χ4n) is 2.66. The first-order valence-electron chi connectivity index (χ1n) is 7.93. The number of esters is 1. The molecule has 1 aliphatic heterocycles. The van der Waals surface area contributed by atoms with E-state index in [2.05, 4.69) is 4.98 Å². The fourth-order valence-corrected chi connectivity index (χ4v) is 2.79. The minimum absolute atomic E-state index is 0.133. The van der Waals surface area contributed by atoms with Crippen molar-refractivity contribution in [1.82, 2.24) is 9.55 Å². The van der Waals surface area contributed by atoms with E-state index in [1.807, 2.05) is 0 Å². The number of H-pyrrole nitrogens is 1. The van der Waals surface area contributed by atoms with Gasteiger partial charge in [-0.3, -0.25) is 14.3 Å². The third-order valence-corrected chi connectivity index (χ3v) is 4.37. The minimum Gasteiger partial charge on any atom is -0.459 e. The second-order valence-electron chi connectivity index (χ2n) is 6.02. The molecule has 0 amide bonds. The van der Waals surface area contributed by atoms with Crippen molar-refractivity contribution in [3.05, 3.63) is 67.4 Å². The number of halogens is 1. The highest BCUT2D eigenvalue weighted by Crippen LogP contribution is 2.28. The summed E-state index contributed by atoms with van der Waals surface area (Å²) < 4.78 is 12.0. The van der Waals surface area contributed by atoms with Gasteiger partial charge in [0.1, 0.15) is 18.9 Å². The topological polar surface area (TPSA) is 111 Å². The lowest BCUT2D eigenvalue weighted by Gasteiger charge is -2.16. The van der Waals surface area contributed by atoms with Crippen molar-refractivity contribution < 1.29 is 19.4 Å². The van der Waals surface area contributed by atoms with Crippen molar-refractivity contribution in [2.45, 2.75) is 31.8 Å². The maximum absolute atomic E-state index is 12.0. The van der Waals surface area contributed by atoms with Gasteiger partial charge < -0.3 is 14.6 Å². The molecule has 8 nitrogen and oxygen atoms in total. The standard InChI is InChI=1S/C17H17ClN2O6/c1-9-7-20(17(24)19-15(9)22)14-6-12(21)13(26-14)8-25-16(23)10-2-4-11(18)5-3-10/h2-5,7,12-14,21H,6,8H2,1H3,(H,19,22,24)/t12-,13-,14-/m1/s1. The number of hydrogen-bond donors (Lipinski definition) is 2. The van der Waals surface area contributed by atoms with Gasteiger partial charge in [0.25, 0.3) is 5.56 Å². The van der Waals surface area contributed by atoms with Crippen LogP contribution in [0.3, 0.4) is 0 Å². The number of rotatable bonds is 4. The Balaban J connectivity index is 1.65. The number of aliphatic hydroxyl groups is 1. The van der Waals surface area contributed by atoms with Crippen LogP contribution in [-0.4, -0.2) is 39.4 Å². The summed E-state index contributed by atoms with van der Waals surface area (Å²) in [4.78, 5) is 37.6. The fraction of sp³-hybridized carbons (Fsp3) is 0.353. The largest absolute Gasteiger partial charge is 0.459 e. The molecule has 26 heavy (non-hydrogen) atoms. The van der Waals surface area contributed by atoms with Gasteiger partial charge >= 0.3 is 11.7 Å². The average Bonchev–Trinajstić information content (AvgIpc) is 2.97. The first-order chi connectivity index (χ1) is 12.3. The van der Waals surface area contributed by atoms with Crippen LogP contribution in [0.15, 0.2) is 40.1 Å². The molecule has 0 spiro atoms. The van der Waals surface area contributed by atoms with Gasteiger partial charge in [0.05, 0.1) is 11.7 Å². The molecule has 2 aromatic rings. The summed E-state index contributed by atoms with van der Waals surface area (Å²) in [7, 11) is 0. The van der Waals surface area contributed by atoms with Crippen LogP contribution in [0.25, 0.3) is 0 Å². The normalized spacial score (nSPS) is 22.3. The predicted octanol–water partition coefficient (Wildman–Crippen LogP) is 1.00. The highest BCUT2D eigenvalue weighted by atomic mass is 35.5. The number of aryl methyl sites for hydroxylation is 1. The van der Waals surface area contributed by atoms with E-state index in [0.29, 0.717) is 16.1 Å². The number of nitrogens with one attached hydrogen (secondary N) is 1. The average molecular weight is 381 g/mol. The van der Waals surface area contributed by atoms with Crippen LogP contribution in [0.1, 0.15) is 28.6 Å². The number of aliphatic hydroxyl groups excluding tert-OH is 1. The number of hydrogen-bond acceptors (Lipinski definition) is 6. The molecule has 0 aliphatic carbocycles. The number of nitrogens with zero attached hydrogens (tertiary/aromatic N) is 1. The summed E-state index contributed by atoms with van der Waals surface area (Å²) in [6.45, 7) is 1.39. The predicted molar refractivity (Wildman–Crippen MR) is 92.3 cm³/mol. The zero-order valence-electron chi connectivity index (χ0n) is 13.8. The molecular weight excluding hydrogens is 364 g/mol. The van der Waals surface area contributed by atoms with Crippen molar-refractivity contribution in [3.8, 4) is 0 Å². The molecule has 1 aliphatic rings. The summed E-state index contributed by atoms with van der Waals surface area (Å²) in [6.07, 6.45) is -0.949. The Morgan fingerprint density at radius 1 is 1.38 bits per heavy atom. The monoisotopic (exact) mass is 380 g/mol. The summed E-state index contributed by atoms with van der Waals surface area (Å²) in [5, 5.41) is 10.6. The van der Waals surface area contributed by atoms with Crippen molar-refractivity contribution in [2.24, 2.45) is 0 Å². The van der Waals surface area contributed by atoms with Gasteiger partial charge in [-0.25, -0.2) is 9.59 Å². The zero-order chi connectivity index (χ0) is 18.8. The Labute approximate surface area is 152 Å². The number of ether oxygens (including phenoxy) is 2. The van der Waals surface area contributed by atoms with E-state index in [-0.39, 0.29) is 13.0 Å². The maximum atomic E-state index is 12.0. The van der Waals surface area contributed by atoms with Gasteiger partial charge in [-0.2, -0.15) is 0 Å². The van der Waals surface area contributed by atoms with E-state index in [0.717, 1.165) is 0 Å². The molecule has 1 aromatic heterocycles. The van der Waals surface area contributed by atoms with Gasteiger partial charge in [-0.1, -0.05) is 11.6 Å². The molecule has 2 heterocycles. The zero-order valence-corrected chi connectivity index (χ0v) is 14.6. The SMILES string of the molecule is Cc1cn([C@H]2C[C@@H](O)[C@@H](COC(=O)c3ccc(Cl)cc3)O2)c(=O)[nH]c1=O. The quantitative estimate of drug-likeness (QED) is 0.766. The highest BCUT2D eigenvalue weighted by molar-refractivity contribution is 6.30. The molecular formula is C17H17ClN2O6. The molecule has 0 unspecified atom stereocenters. The van der Waals surface area contributed by atoms with E-state index in [1.165, 1.54) is 22.9 Å². The van der Waals surface area contributed by atoms with E-state index in [9.17, 15) is 19.5 Å². The third kappa shape index (κ3) is 3.87. The van der Waals surface area contributed by atoms with Crippen LogP contribution in [0.5, 0.6) is 0 Å². The van der Waals surface area contributed by atoms with E-state index in [1.54, 1.807) is 19.1 Å². The second-order valence-corrected chi connectivity index (χ2v) is 6.45. The second kappa shape index (κ2) is 7.45. The molecule has 1 fully saturated rings. The molecule has 138 valence electrons. The Morgan fingerprint density at radius 2 is 2.08 bits per heavy atom. The molecule has 3 atom stereocenters. The molecule has 1 saturated heterocycles. The van der Waals surface area contributed by atoms with Gasteiger partial charge in [-0.15, -0.1) is 0 Å². The highest BCUT2D eigenvalue weighted by Gasteiger charge is 2.36. The number of benzene rings is 1. The molecule has 2 N–H and O–H groups in total. The van der Waals surface area contributed by atoms with Gasteiger partial charge in [0.2, 0.25) is 0 Å². The van der Waals surface area contributed by atoms with Crippen molar-refractivity contribution in [3.63, 3.8) is 0 Å². The molecule has 3 rings (SSSR count). The smallest absolute Gasteiger partial charge is 0.338 e. The molecule has 0 radical (unpaired) electrons. The molecule has 9 heteroatoms. The van der Waals surface area contributed by atoms with E-state index < -0.39 is 35.7 Å². The summed E-state index contributed by atoms with van der Waals surface area (Å²) in [5.74, 6) is -0.571. The first kappa shape index (κ1) is 18.4. The van der Waals surface area contributed by atoms with Crippen LogP contribution < -0.4 is 11.2 Å². The van der Waals surface area contributed by atoms with Gasteiger partial charge in [0.15, 0.2) is 0 Å². The Morgan fingerprint density at radius 3 is 2.77 bits per heavy atom. The Hall–Kier alpha value is -2.42. The van der Waals surface area contributed by atoms with Crippen LogP contribution in [-0.2, 0) is 9.47 Å². The van der Waals surface area contributed by atoms with E-state index in [4.69, 9.17) is 21.1 Å². The summed E-state index contributed by atoms with van der Waals surface area (Å²) >= 11 is 5.77. The van der Waals surface area contributed by atoms with Crippen LogP contribution in [0.2, 0.25) is 5.02 Å². The molecule has 0 saturated carbocycles. The number of carbonyl (C=O) groups excluding carboxylic acids is 1. The van der Waals surface area contributed by atoms with Gasteiger partial charge in [-0.05, 0) is 31.2 Å². The number of carbonyl (C=O) groups is 1. The van der Waals surface area contributed by atoms with Crippen molar-refractivity contribution in [1.29, 1.82) is 0 Å². The first-order valence-corrected chi connectivity index (χ1v) is 8.31. The molecule has 1 aromatic carbocycles.